The Balaban J connectivity index is 0.000000151. The Morgan fingerprint density at radius 2 is 0.545 bits per heavy atom. The second-order valence-corrected chi connectivity index (χ2v) is 35.1. The number of nitrogens with zero attached hydrogens (tertiary/aromatic N) is 3. The molecular weight excluding hydrogens is 1600 g/mol. The maximum absolute atomic E-state index is 6.44. The van der Waals surface area contributed by atoms with Crippen molar-refractivity contribution in [1.82, 2.24) is 4.57 Å². The molecule has 0 saturated heterocycles. The lowest BCUT2D eigenvalue weighted by atomic mass is 9.68. The molecule has 0 unspecified atom stereocenters. The van der Waals surface area contributed by atoms with E-state index in [1.807, 2.05) is 12.1 Å². The number of rotatable bonds is 14. The van der Waals surface area contributed by atoms with Gasteiger partial charge in [0, 0.05) is 66.3 Å². The van der Waals surface area contributed by atoms with Crippen LogP contribution in [-0.4, -0.2) is 4.57 Å². The summed E-state index contributed by atoms with van der Waals surface area (Å²) in [5.74, 6) is 0. The Bertz CT molecular complexity index is 8360. The molecule has 2 aromatic heterocycles. The van der Waals surface area contributed by atoms with Crippen molar-refractivity contribution in [3.8, 4) is 61.3 Å². The van der Waals surface area contributed by atoms with Gasteiger partial charge in [-0.25, -0.2) is 0 Å². The fourth-order valence-electron chi connectivity index (χ4n) is 22.8. The molecule has 25 aromatic rings. The van der Waals surface area contributed by atoms with Crippen LogP contribution in [0.4, 0.5) is 34.1 Å². The van der Waals surface area contributed by atoms with Gasteiger partial charge >= 0.3 is 0 Å². The van der Waals surface area contributed by atoms with Gasteiger partial charge in [-0.15, -0.1) is 0 Å². The molecule has 0 bridgehead atoms. The highest BCUT2D eigenvalue weighted by molar-refractivity contribution is 6.29. The Labute approximate surface area is 765 Å². The summed E-state index contributed by atoms with van der Waals surface area (Å²) in [7, 11) is 0. The summed E-state index contributed by atoms with van der Waals surface area (Å²) < 4.78 is 8.83. The first-order valence-electron chi connectivity index (χ1n) is 45.7. The van der Waals surface area contributed by atoms with E-state index in [0.29, 0.717) is 0 Å². The van der Waals surface area contributed by atoms with Gasteiger partial charge < -0.3 is 18.8 Å². The molecular formula is C128H83N3O. The van der Waals surface area contributed by atoms with Crippen molar-refractivity contribution in [2.45, 2.75) is 10.8 Å². The fourth-order valence-corrected chi connectivity index (χ4v) is 22.8. The van der Waals surface area contributed by atoms with E-state index in [4.69, 9.17) is 4.42 Å². The summed E-state index contributed by atoms with van der Waals surface area (Å²) in [6.45, 7) is 0. The lowest BCUT2D eigenvalue weighted by Crippen LogP contribution is -2.28. The van der Waals surface area contributed by atoms with E-state index in [1.54, 1.807) is 0 Å². The lowest BCUT2D eigenvalue weighted by molar-refractivity contribution is 0.670. The fraction of sp³-hybridized carbons (Fsp3) is 0.0156. The van der Waals surface area contributed by atoms with Gasteiger partial charge in [-0.1, -0.05) is 406 Å². The highest BCUT2D eigenvalue weighted by Gasteiger charge is 2.48. The zero-order valence-electron chi connectivity index (χ0n) is 72.2. The van der Waals surface area contributed by atoms with Crippen molar-refractivity contribution in [3.05, 3.63) is 548 Å². The normalized spacial score (nSPS) is 12.8. The Kier molecular flexibility index (Phi) is 17.8. The number of anilines is 6. The molecule has 0 aliphatic heterocycles. The van der Waals surface area contributed by atoms with E-state index in [9.17, 15) is 0 Å². The molecule has 4 heteroatoms. The van der Waals surface area contributed by atoms with Crippen molar-refractivity contribution in [1.29, 1.82) is 0 Å². The predicted molar refractivity (Wildman–Crippen MR) is 553 cm³/mol. The molecule has 27 rings (SSSR count). The highest BCUT2D eigenvalue weighted by Crippen LogP contribution is 2.60. The zero-order valence-corrected chi connectivity index (χ0v) is 72.2. The third-order valence-corrected chi connectivity index (χ3v) is 28.4. The van der Waals surface area contributed by atoms with Crippen molar-refractivity contribution in [2.24, 2.45) is 0 Å². The average Bonchev–Trinajstić information content (AvgIpc) is 1.63. The third-order valence-electron chi connectivity index (χ3n) is 28.4. The van der Waals surface area contributed by atoms with Gasteiger partial charge in [0.25, 0.3) is 0 Å². The SMILES string of the molecule is c1ccc(-c2c3ccccc3c(-c3ccc(-n4c5ccccc5c5cc(-c6cccc7c6oc6ccccc67)ccc54)cc3)c3ccccc23)cc1.c1ccc(N(c2ccc(C3(c4ccccc4)c4ccccc4-c4ccccc43)cc2)c2ccc3ccc4c(N(c5ccccc5)c5ccc(C6(c7ccccc7)c7ccccc7-c7ccccc76)cc5)ccc5ccc2c3c54)cc1. The molecule has 0 amide bonds. The number of fused-ring (bicyclic) bond motifs is 14. The molecule has 132 heavy (non-hydrogen) atoms. The van der Waals surface area contributed by atoms with Gasteiger partial charge in [-0.05, 0) is 235 Å². The van der Waals surface area contributed by atoms with Crippen molar-refractivity contribution >= 4 is 132 Å². The molecule has 0 fully saturated rings. The summed E-state index contributed by atoms with van der Waals surface area (Å²) in [6, 6.07) is 185. The van der Waals surface area contributed by atoms with Crippen LogP contribution in [0.15, 0.2) is 508 Å². The maximum atomic E-state index is 6.44. The molecule has 0 N–H and O–H groups in total. The first-order valence-corrected chi connectivity index (χ1v) is 45.7. The Morgan fingerprint density at radius 1 is 0.205 bits per heavy atom. The van der Waals surface area contributed by atoms with E-state index >= 15 is 0 Å². The van der Waals surface area contributed by atoms with Crippen LogP contribution in [0.5, 0.6) is 0 Å². The topological polar surface area (TPSA) is 24.6 Å². The number of para-hydroxylation sites is 5. The molecule has 23 aromatic carbocycles. The van der Waals surface area contributed by atoms with Crippen LogP contribution < -0.4 is 9.80 Å². The lowest BCUT2D eigenvalue weighted by Gasteiger charge is -2.34. The minimum absolute atomic E-state index is 0.482. The van der Waals surface area contributed by atoms with Gasteiger partial charge in [0.2, 0.25) is 0 Å². The minimum atomic E-state index is -0.482. The van der Waals surface area contributed by atoms with Gasteiger partial charge in [0.15, 0.2) is 0 Å². The summed E-state index contributed by atoms with van der Waals surface area (Å²) >= 11 is 0. The van der Waals surface area contributed by atoms with E-state index in [2.05, 4.69) is 506 Å². The molecule has 2 aliphatic rings. The van der Waals surface area contributed by atoms with Crippen molar-refractivity contribution < 1.29 is 4.42 Å². The predicted octanol–water partition coefficient (Wildman–Crippen LogP) is 34.2. The smallest absolute Gasteiger partial charge is 0.143 e. The zero-order chi connectivity index (χ0) is 87.0. The van der Waals surface area contributed by atoms with Crippen LogP contribution in [0.2, 0.25) is 0 Å². The van der Waals surface area contributed by atoms with Crippen LogP contribution in [-0.2, 0) is 10.8 Å². The number of hydrogen-bond donors (Lipinski definition) is 0. The van der Waals surface area contributed by atoms with Crippen LogP contribution >= 0.6 is 0 Å². The van der Waals surface area contributed by atoms with Crippen LogP contribution in [0.25, 0.3) is 159 Å². The second kappa shape index (κ2) is 30.8. The van der Waals surface area contributed by atoms with Crippen molar-refractivity contribution in [2.75, 3.05) is 9.80 Å². The van der Waals surface area contributed by atoms with E-state index in [-0.39, 0.29) is 0 Å². The standard InChI is InChI=1S/C78H52N2.C50H31NO/c1-5-21-55(22-6-1)77(69-33-17-13-29-63(69)64-30-14-18-34-70(64)77)57-41-45-61(46-42-57)79(59-25-9-3-10-26-59)73-51-39-53-38-50-68-74(52-40-54-37-49-67(73)75(53)76(54)68)80(60-27-11-4-12-28-60)62-47-43-58(44-48-62)78(56-23-7-2-8-24-56)71-35-19-15-31-65(71)66-32-16-20-36-72(66)78;1-2-13-32(14-3-1)48-39-17-4-6-19-41(39)49(42-20-7-5-18-40(42)48)33-25-28-35(29-26-33)51-45-23-10-8-15-37(45)44-31-34(27-30-46(44)51)36-21-12-22-43-38-16-9-11-24-47(38)52-50(36)43/h1-52H;1-31H. The number of furan rings is 1. The monoisotopic (exact) mass is 1680 g/mol. The molecule has 0 atom stereocenters. The molecule has 4 nitrogen and oxygen atoms in total. The van der Waals surface area contributed by atoms with Crippen molar-refractivity contribution in [3.63, 3.8) is 0 Å². The van der Waals surface area contributed by atoms with E-state index in [0.717, 1.165) is 72.9 Å². The molecule has 616 valence electrons. The molecule has 0 radical (unpaired) electrons. The second-order valence-electron chi connectivity index (χ2n) is 35.1. The first-order chi connectivity index (χ1) is 65.5. The molecule has 2 heterocycles. The average molecular weight is 1680 g/mol. The van der Waals surface area contributed by atoms with Crippen LogP contribution in [0.3, 0.4) is 0 Å². The van der Waals surface area contributed by atoms with Gasteiger partial charge in [-0.2, -0.15) is 0 Å². The Hall–Kier alpha value is -17.2. The summed E-state index contributed by atoms with van der Waals surface area (Å²) in [5, 5.41) is 17.1. The quantitative estimate of drug-likeness (QED) is 0.0801. The summed E-state index contributed by atoms with van der Waals surface area (Å²) in [6.07, 6.45) is 0. The third kappa shape index (κ3) is 11.7. The Morgan fingerprint density at radius 3 is 1.02 bits per heavy atom. The van der Waals surface area contributed by atoms with E-state index in [1.165, 1.54) is 165 Å². The minimum Gasteiger partial charge on any atom is -0.455 e. The van der Waals surface area contributed by atoms with Gasteiger partial charge in [0.05, 0.1) is 33.2 Å². The molecule has 0 spiro atoms. The van der Waals surface area contributed by atoms with Gasteiger partial charge in [0.1, 0.15) is 11.2 Å². The first kappa shape index (κ1) is 76.1. The molecule has 2 aliphatic carbocycles. The van der Waals surface area contributed by atoms with Crippen LogP contribution in [0.1, 0.15) is 44.5 Å². The molecule has 0 saturated carbocycles. The maximum Gasteiger partial charge on any atom is 0.143 e. The van der Waals surface area contributed by atoms with Crippen LogP contribution in [0, 0.1) is 0 Å². The number of benzene rings is 23. The summed E-state index contributed by atoms with van der Waals surface area (Å²) in [5.41, 5.74) is 33.7. The largest absolute Gasteiger partial charge is 0.455 e. The number of hydrogen-bond acceptors (Lipinski definition) is 3. The van der Waals surface area contributed by atoms with Gasteiger partial charge in [-0.3, -0.25) is 0 Å². The number of aromatic nitrogens is 1. The summed E-state index contributed by atoms with van der Waals surface area (Å²) in [4.78, 5) is 4.90. The highest BCUT2D eigenvalue weighted by atomic mass is 16.3. The van der Waals surface area contributed by atoms with E-state index < -0.39 is 10.8 Å².